The highest BCUT2D eigenvalue weighted by atomic mass is 127. The van der Waals surface area contributed by atoms with E-state index in [1.165, 1.54) is 44.3 Å². The Labute approximate surface area is 184 Å². The van der Waals surface area contributed by atoms with E-state index in [0.717, 1.165) is 50.2 Å². The molecule has 1 aromatic heterocycles. The zero-order valence-corrected chi connectivity index (χ0v) is 19.8. The molecule has 4 rings (SSSR count). The number of nitrogens with zero attached hydrogens (tertiary/aromatic N) is 5. The summed E-state index contributed by atoms with van der Waals surface area (Å²) in [4.78, 5) is 7.13. The fourth-order valence-corrected chi connectivity index (χ4v) is 6.36. The van der Waals surface area contributed by atoms with Gasteiger partial charge in [-0.3, -0.25) is 4.99 Å². The van der Waals surface area contributed by atoms with Crippen LogP contribution in [0.3, 0.4) is 0 Å². The van der Waals surface area contributed by atoms with Crippen LogP contribution in [0.25, 0.3) is 0 Å². The number of nitrogens with one attached hydrogen (secondary N) is 1. The summed E-state index contributed by atoms with van der Waals surface area (Å²) in [5, 5.41) is 12.2. The maximum Gasteiger partial charge on any atom is 0.193 e. The van der Waals surface area contributed by atoms with Gasteiger partial charge in [-0.25, -0.2) is 0 Å². The first kappa shape index (κ1) is 21.2. The molecule has 3 heterocycles. The minimum absolute atomic E-state index is 0. The van der Waals surface area contributed by atoms with E-state index in [2.05, 4.69) is 48.7 Å². The van der Waals surface area contributed by atoms with Crippen LogP contribution in [-0.4, -0.2) is 62.8 Å². The lowest BCUT2D eigenvalue weighted by Gasteiger charge is -2.45. The number of halogens is 1. The Morgan fingerprint density at radius 1 is 1.30 bits per heavy atom. The molecule has 8 heteroatoms. The molecule has 0 amide bonds. The number of rotatable bonds is 2. The smallest absolute Gasteiger partial charge is 0.193 e. The van der Waals surface area contributed by atoms with Crippen molar-refractivity contribution in [2.45, 2.75) is 63.2 Å². The summed E-state index contributed by atoms with van der Waals surface area (Å²) >= 11 is 2.22. The molecule has 1 saturated heterocycles. The second kappa shape index (κ2) is 9.33. The maximum absolute atomic E-state index is 4.62. The van der Waals surface area contributed by atoms with E-state index < -0.39 is 0 Å². The quantitative estimate of drug-likeness (QED) is 0.381. The molecule has 1 aromatic rings. The fourth-order valence-electron chi connectivity index (χ4n) is 4.79. The molecule has 0 radical (unpaired) electrons. The van der Waals surface area contributed by atoms with Crippen LogP contribution in [0.5, 0.6) is 0 Å². The third-order valence-electron chi connectivity index (χ3n) is 6.30. The molecule has 2 fully saturated rings. The minimum Gasteiger partial charge on any atom is -0.356 e. The van der Waals surface area contributed by atoms with Gasteiger partial charge in [0.25, 0.3) is 0 Å². The van der Waals surface area contributed by atoms with Crippen LogP contribution < -0.4 is 5.32 Å². The van der Waals surface area contributed by atoms with Crippen molar-refractivity contribution in [3.05, 3.63) is 11.6 Å². The van der Waals surface area contributed by atoms with Gasteiger partial charge in [0.2, 0.25) is 0 Å². The van der Waals surface area contributed by atoms with Crippen molar-refractivity contribution in [3.8, 4) is 0 Å². The van der Waals surface area contributed by atoms with E-state index in [-0.39, 0.29) is 24.0 Å². The van der Waals surface area contributed by atoms with Crippen LogP contribution in [0.4, 0.5) is 0 Å². The second-order valence-corrected chi connectivity index (χ2v) is 9.68. The summed E-state index contributed by atoms with van der Waals surface area (Å²) in [5.41, 5.74) is 0. The molecule has 6 nitrogen and oxygen atoms in total. The van der Waals surface area contributed by atoms with E-state index in [1.807, 2.05) is 7.05 Å². The summed E-state index contributed by atoms with van der Waals surface area (Å²) in [5.74, 6) is 5.14. The van der Waals surface area contributed by atoms with Crippen LogP contribution in [0.1, 0.15) is 50.2 Å². The predicted molar refractivity (Wildman–Crippen MR) is 123 cm³/mol. The van der Waals surface area contributed by atoms with Crippen molar-refractivity contribution in [2.75, 3.05) is 32.4 Å². The lowest BCUT2D eigenvalue weighted by atomic mass is 9.87. The third kappa shape index (κ3) is 4.74. The molecular weight excluding hydrogens is 471 g/mol. The fraction of sp³-hybridized carbons (Fsp3) is 0.842. The van der Waals surface area contributed by atoms with Gasteiger partial charge in [0, 0.05) is 50.1 Å². The Morgan fingerprint density at radius 3 is 2.89 bits per heavy atom. The van der Waals surface area contributed by atoms with E-state index in [0.29, 0.717) is 10.7 Å². The highest BCUT2D eigenvalue weighted by Crippen LogP contribution is 2.42. The first-order valence-corrected chi connectivity index (χ1v) is 11.2. The zero-order chi connectivity index (χ0) is 18.0. The molecule has 0 bridgehead atoms. The summed E-state index contributed by atoms with van der Waals surface area (Å²) < 4.78 is 2.76. The van der Waals surface area contributed by atoms with E-state index in [4.69, 9.17) is 0 Å². The highest BCUT2D eigenvalue weighted by molar-refractivity contribution is 14.0. The Hall–Kier alpha value is -0.510. The molecule has 1 unspecified atom stereocenters. The van der Waals surface area contributed by atoms with Gasteiger partial charge in [0.05, 0.1) is 0 Å². The summed E-state index contributed by atoms with van der Waals surface area (Å²) in [6.07, 6.45) is 9.19. The van der Waals surface area contributed by atoms with Crippen LogP contribution in [0.2, 0.25) is 0 Å². The summed E-state index contributed by atoms with van der Waals surface area (Å²) in [6.45, 7) is 6.35. The van der Waals surface area contributed by atoms with Gasteiger partial charge in [-0.15, -0.1) is 34.2 Å². The average Bonchev–Trinajstić information content (AvgIpc) is 3.04. The van der Waals surface area contributed by atoms with Crippen molar-refractivity contribution in [1.82, 2.24) is 25.0 Å². The number of hydrogen-bond donors (Lipinski definition) is 1. The SMILES string of the molecule is CN=C(NCC1CCc2nnc(C)n2C1)N1CCSC2(CCCCC2)C1.I. The number of guanidine groups is 1. The lowest BCUT2D eigenvalue weighted by molar-refractivity contribution is 0.289. The van der Waals surface area contributed by atoms with E-state index in [1.54, 1.807) is 0 Å². The van der Waals surface area contributed by atoms with Crippen molar-refractivity contribution in [3.63, 3.8) is 0 Å². The first-order chi connectivity index (χ1) is 12.7. The zero-order valence-electron chi connectivity index (χ0n) is 16.6. The Balaban J connectivity index is 0.00000210. The van der Waals surface area contributed by atoms with Gasteiger partial charge in [-0.2, -0.15) is 11.8 Å². The molecule has 1 atom stereocenters. The van der Waals surface area contributed by atoms with Crippen molar-refractivity contribution >= 4 is 41.7 Å². The van der Waals surface area contributed by atoms with Crippen LogP contribution >= 0.6 is 35.7 Å². The number of fused-ring (bicyclic) bond motifs is 1. The normalized spacial score (nSPS) is 25.0. The van der Waals surface area contributed by atoms with Crippen LogP contribution in [0.15, 0.2) is 4.99 Å². The van der Waals surface area contributed by atoms with Gasteiger partial charge in [0.15, 0.2) is 5.96 Å². The summed E-state index contributed by atoms with van der Waals surface area (Å²) in [7, 11) is 1.93. The van der Waals surface area contributed by atoms with Crippen molar-refractivity contribution < 1.29 is 0 Å². The largest absolute Gasteiger partial charge is 0.356 e. The van der Waals surface area contributed by atoms with Gasteiger partial charge < -0.3 is 14.8 Å². The van der Waals surface area contributed by atoms with Crippen molar-refractivity contribution in [2.24, 2.45) is 10.9 Å². The molecule has 2 aliphatic heterocycles. The maximum atomic E-state index is 4.62. The predicted octanol–water partition coefficient (Wildman–Crippen LogP) is 3.09. The van der Waals surface area contributed by atoms with Crippen LogP contribution in [-0.2, 0) is 13.0 Å². The number of aryl methyl sites for hydroxylation is 2. The highest BCUT2D eigenvalue weighted by Gasteiger charge is 2.38. The first-order valence-electron chi connectivity index (χ1n) is 10.2. The molecule has 1 saturated carbocycles. The second-order valence-electron chi connectivity index (χ2n) is 8.12. The average molecular weight is 504 g/mol. The molecule has 152 valence electrons. The standard InChI is InChI=1S/C19H32N6S.HI/c1-15-22-23-17-7-6-16(13-25(15)17)12-21-18(20-2)24-10-11-26-19(14-24)8-4-3-5-9-19;/h16H,3-14H2,1-2H3,(H,20,21);1H. The summed E-state index contributed by atoms with van der Waals surface area (Å²) in [6, 6.07) is 0. The van der Waals surface area contributed by atoms with E-state index in [9.17, 15) is 0 Å². The minimum atomic E-state index is 0. The van der Waals surface area contributed by atoms with Gasteiger partial charge in [-0.05, 0) is 32.1 Å². The Kier molecular flexibility index (Phi) is 7.32. The number of thioether (sulfide) groups is 1. The Bertz CT molecular complexity index is 649. The van der Waals surface area contributed by atoms with E-state index >= 15 is 0 Å². The number of aliphatic imine (C=N–C) groups is 1. The molecule has 1 spiro atoms. The lowest BCUT2D eigenvalue weighted by Crippen LogP contribution is -2.54. The number of aromatic nitrogens is 3. The Morgan fingerprint density at radius 2 is 2.11 bits per heavy atom. The molecular formula is C19H33IN6S. The molecule has 1 aliphatic carbocycles. The van der Waals surface area contributed by atoms with Crippen molar-refractivity contribution in [1.29, 1.82) is 0 Å². The molecule has 1 N–H and O–H groups in total. The molecule has 3 aliphatic rings. The van der Waals surface area contributed by atoms with Gasteiger partial charge in [-0.1, -0.05) is 19.3 Å². The molecule has 27 heavy (non-hydrogen) atoms. The number of hydrogen-bond acceptors (Lipinski definition) is 4. The molecule has 0 aromatic carbocycles. The van der Waals surface area contributed by atoms with Gasteiger partial charge in [0.1, 0.15) is 11.6 Å². The van der Waals surface area contributed by atoms with Crippen LogP contribution in [0, 0.1) is 12.8 Å². The monoisotopic (exact) mass is 504 g/mol. The van der Waals surface area contributed by atoms with Gasteiger partial charge >= 0.3 is 0 Å². The topological polar surface area (TPSA) is 58.3 Å². The third-order valence-corrected chi connectivity index (χ3v) is 7.84.